The van der Waals surface area contributed by atoms with Crippen molar-refractivity contribution in [3.8, 4) is 5.75 Å². The normalized spacial score (nSPS) is 10.6. The standard InChI is InChI=1S/C17H13BrCl2N2O2/c1-2-7-24-16-6-4-13(18)8-12(16)10-21-22-17(23)11-3-5-14(19)15(20)9-11/h2-6,8-10H,1,7H2,(H,22,23). The Labute approximate surface area is 158 Å². The lowest BCUT2D eigenvalue weighted by molar-refractivity contribution is 0.0955. The van der Waals surface area contributed by atoms with E-state index in [1.165, 1.54) is 12.3 Å². The van der Waals surface area contributed by atoms with E-state index in [0.717, 1.165) is 4.47 Å². The minimum Gasteiger partial charge on any atom is -0.489 e. The molecule has 0 atom stereocenters. The number of carbonyl (C=O) groups is 1. The van der Waals surface area contributed by atoms with Crippen LogP contribution in [0.15, 0.2) is 58.6 Å². The van der Waals surface area contributed by atoms with Gasteiger partial charge in [0.05, 0.1) is 16.3 Å². The Kier molecular flexibility index (Phi) is 6.85. The van der Waals surface area contributed by atoms with Crippen LogP contribution in [0.25, 0.3) is 0 Å². The molecule has 124 valence electrons. The molecular weight excluding hydrogens is 415 g/mol. The van der Waals surface area contributed by atoms with Crippen LogP contribution in [0.1, 0.15) is 15.9 Å². The molecule has 1 amide bonds. The Hall–Kier alpha value is -1.82. The molecule has 4 nitrogen and oxygen atoms in total. The fourth-order valence-corrected chi connectivity index (χ4v) is 2.44. The van der Waals surface area contributed by atoms with Gasteiger partial charge in [0, 0.05) is 15.6 Å². The number of halogens is 3. The first-order chi connectivity index (χ1) is 11.5. The van der Waals surface area contributed by atoms with Crippen LogP contribution in [-0.4, -0.2) is 18.7 Å². The predicted octanol–water partition coefficient (Wildman–Crippen LogP) is 5.08. The predicted molar refractivity (Wildman–Crippen MR) is 101 cm³/mol. The molecule has 2 rings (SSSR count). The van der Waals surface area contributed by atoms with Crippen molar-refractivity contribution in [3.63, 3.8) is 0 Å². The summed E-state index contributed by atoms with van der Waals surface area (Å²) < 4.78 is 6.40. The Morgan fingerprint density at radius 2 is 2.04 bits per heavy atom. The Morgan fingerprint density at radius 1 is 1.25 bits per heavy atom. The van der Waals surface area contributed by atoms with E-state index in [1.54, 1.807) is 24.3 Å². The van der Waals surface area contributed by atoms with Gasteiger partial charge in [-0.25, -0.2) is 5.43 Å². The monoisotopic (exact) mass is 426 g/mol. The highest BCUT2D eigenvalue weighted by Gasteiger charge is 2.07. The van der Waals surface area contributed by atoms with Crippen LogP contribution in [0.5, 0.6) is 5.75 Å². The summed E-state index contributed by atoms with van der Waals surface area (Å²) in [5.74, 6) is 0.235. The summed E-state index contributed by atoms with van der Waals surface area (Å²) in [6, 6.07) is 10.1. The van der Waals surface area contributed by atoms with Crippen molar-refractivity contribution in [2.45, 2.75) is 0 Å². The minimum absolute atomic E-state index is 0.306. The van der Waals surface area contributed by atoms with Crippen molar-refractivity contribution in [1.29, 1.82) is 0 Å². The summed E-state index contributed by atoms with van der Waals surface area (Å²) in [5.41, 5.74) is 3.50. The maximum absolute atomic E-state index is 12.0. The lowest BCUT2D eigenvalue weighted by Crippen LogP contribution is -2.17. The van der Waals surface area contributed by atoms with E-state index in [4.69, 9.17) is 27.9 Å². The summed E-state index contributed by atoms with van der Waals surface area (Å²) in [6.07, 6.45) is 3.15. The van der Waals surface area contributed by atoms with Gasteiger partial charge in [-0.1, -0.05) is 51.8 Å². The van der Waals surface area contributed by atoms with Gasteiger partial charge in [-0.3, -0.25) is 4.79 Å². The third kappa shape index (κ3) is 5.09. The van der Waals surface area contributed by atoms with E-state index >= 15 is 0 Å². The number of amides is 1. The van der Waals surface area contributed by atoms with Crippen molar-refractivity contribution >= 4 is 51.3 Å². The van der Waals surface area contributed by atoms with Crippen LogP contribution >= 0.6 is 39.1 Å². The van der Waals surface area contributed by atoms with Gasteiger partial charge in [-0.2, -0.15) is 5.10 Å². The first-order valence-corrected chi connectivity index (χ1v) is 8.38. The summed E-state index contributed by atoms with van der Waals surface area (Å²) in [7, 11) is 0. The molecule has 0 fully saturated rings. The summed E-state index contributed by atoms with van der Waals surface area (Å²) in [5, 5.41) is 4.64. The highest BCUT2D eigenvalue weighted by molar-refractivity contribution is 9.10. The molecule has 0 aliphatic rings. The Balaban J connectivity index is 2.10. The fraction of sp³-hybridized carbons (Fsp3) is 0.0588. The molecule has 1 N–H and O–H groups in total. The molecule has 0 saturated heterocycles. The van der Waals surface area contributed by atoms with E-state index in [1.807, 2.05) is 12.1 Å². The van der Waals surface area contributed by atoms with Crippen molar-refractivity contribution in [2.75, 3.05) is 6.61 Å². The molecule has 0 spiro atoms. The maximum Gasteiger partial charge on any atom is 0.271 e. The summed E-state index contributed by atoms with van der Waals surface area (Å²) in [4.78, 5) is 12.0. The Morgan fingerprint density at radius 3 is 2.75 bits per heavy atom. The molecule has 24 heavy (non-hydrogen) atoms. The van der Waals surface area contributed by atoms with Gasteiger partial charge in [0.25, 0.3) is 5.91 Å². The number of hydrogen-bond donors (Lipinski definition) is 1. The Bertz CT molecular complexity index is 794. The lowest BCUT2D eigenvalue weighted by atomic mass is 10.2. The van der Waals surface area contributed by atoms with Crippen molar-refractivity contribution < 1.29 is 9.53 Å². The lowest BCUT2D eigenvalue weighted by Gasteiger charge is -2.07. The summed E-state index contributed by atoms with van der Waals surface area (Å²) in [6.45, 7) is 3.98. The second-order valence-electron chi connectivity index (χ2n) is 4.61. The second kappa shape index (κ2) is 8.87. The molecule has 0 bridgehead atoms. The van der Waals surface area contributed by atoms with Gasteiger partial charge in [0.1, 0.15) is 12.4 Å². The number of nitrogens with one attached hydrogen (secondary N) is 1. The number of hydrogen-bond acceptors (Lipinski definition) is 3. The van der Waals surface area contributed by atoms with Crippen molar-refractivity contribution in [1.82, 2.24) is 5.43 Å². The quantitative estimate of drug-likeness (QED) is 0.396. The van der Waals surface area contributed by atoms with Crippen LogP contribution in [0.3, 0.4) is 0 Å². The number of rotatable bonds is 6. The van der Waals surface area contributed by atoms with E-state index in [9.17, 15) is 4.79 Å². The third-order valence-electron chi connectivity index (χ3n) is 2.88. The average molecular weight is 428 g/mol. The molecule has 0 radical (unpaired) electrons. The SMILES string of the molecule is C=CCOc1ccc(Br)cc1C=NNC(=O)c1ccc(Cl)c(Cl)c1. The average Bonchev–Trinajstić information content (AvgIpc) is 2.56. The number of ether oxygens (including phenoxy) is 1. The molecule has 0 unspecified atom stereocenters. The second-order valence-corrected chi connectivity index (χ2v) is 6.34. The van der Waals surface area contributed by atoms with Crippen molar-refractivity contribution in [2.24, 2.45) is 5.10 Å². The van der Waals surface area contributed by atoms with Crippen LogP contribution in [0.2, 0.25) is 10.0 Å². The maximum atomic E-state index is 12.0. The van der Waals surface area contributed by atoms with Gasteiger partial charge >= 0.3 is 0 Å². The summed E-state index contributed by atoms with van der Waals surface area (Å²) >= 11 is 15.1. The van der Waals surface area contributed by atoms with E-state index in [0.29, 0.717) is 33.5 Å². The minimum atomic E-state index is -0.395. The topological polar surface area (TPSA) is 50.7 Å². The fourth-order valence-electron chi connectivity index (χ4n) is 1.76. The van der Waals surface area contributed by atoms with Gasteiger partial charge in [-0.05, 0) is 36.4 Å². The number of benzene rings is 2. The van der Waals surface area contributed by atoms with Gasteiger partial charge in [-0.15, -0.1) is 0 Å². The molecule has 0 saturated carbocycles. The molecule has 0 aromatic heterocycles. The van der Waals surface area contributed by atoms with E-state index < -0.39 is 5.91 Å². The largest absolute Gasteiger partial charge is 0.489 e. The third-order valence-corrected chi connectivity index (χ3v) is 4.11. The first-order valence-electron chi connectivity index (χ1n) is 6.83. The van der Waals surface area contributed by atoms with Crippen LogP contribution in [0, 0.1) is 0 Å². The molecule has 7 heteroatoms. The zero-order valence-electron chi connectivity index (χ0n) is 12.4. The molecule has 2 aromatic carbocycles. The van der Waals surface area contributed by atoms with E-state index in [-0.39, 0.29) is 0 Å². The van der Waals surface area contributed by atoms with Gasteiger partial charge in [0.15, 0.2) is 0 Å². The zero-order chi connectivity index (χ0) is 17.5. The number of hydrazone groups is 1. The number of nitrogens with zero attached hydrogens (tertiary/aromatic N) is 1. The first kappa shape index (κ1) is 18.5. The molecule has 2 aromatic rings. The van der Waals surface area contributed by atoms with Crippen LogP contribution in [-0.2, 0) is 0 Å². The zero-order valence-corrected chi connectivity index (χ0v) is 15.5. The molecular formula is C17H13BrCl2N2O2. The smallest absolute Gasteiger partial charge is 0.271 e. The number of carbonyl (C=O) groups excluding carboxylic acids is 1. The molecule has 0 aliphatic heterocycles. The van der Waals surface area contributed by atoms with E-state index in [2.05, 4.69) is 33.0 Å². The van der Waals surface area contributed by atoms with Crippen molar-refractivity contribution in [3.05, 3.63) is 74.7 Å². The highest BCUT2D eigenvalue weighted by Crippen LogP contribution is 2.23. The molecule has 0 heterocycles. The highest BCUT2D eigenvalue weighted by atomic mass is 79.9. The molecule has 0 aliphatic carbocycles. The van der Waals surface area contributed by atoms with Crippen LogP contribution < -0.4 is 10.2 Å². The van der Waals surface area contributed by atoms with Crippen LogP contribution in [0.4, 0.5) is 0 Å². The van der Waals surface area contributed by atoms with Gasteiger partial charge < -0.3 is 4.74 Å². The van der Waals surface area contributed by atoms with Gasteiger partial charge in [0.2, 0.25) is 0 Å².